The molecule has 1 aromatic carbocycles. The van der Waals surface area contributed by atoms with E-state index in [1.807, 2.05) is 12.1 Å². The molecule has 7 nitrogen and oxygen atoms in total. The van der Waals surface area contributed by atoms with E-state index in [-0.39, 0.29) is 23.8 Å². The van der Waals surface area contributed by atoms with Crippen molar-refractivity contribution in [1.29, 1.82) is 0 Å². The number of nitrogens with one attached hydrogen (secondary N) is 3. The average Bonchev–Trinajstić information content (AvgIpc) is 3.18. The zero-order valence-corrected chi connectivity index (χ0v) is 16.0. The second kappa shape index (κ2) is 7.98. The Morgan fingerprint density at radius 3 is 2.90 bits per heavy atom. The first kappa shape index (κ1) is 19.0. The van der Waals surface area contributed by atoms with Crippen LogP contribution >= 0.6 is 0 Å². The summed E-state index contributed by atoms with van der Waals surface area (Å²) in [5.74, 6) is -0.636. The standard InChI is InChI=1S/C21H22FN5O2/c1-12(28)25-14-5-2-4-13(8-14)21(29)26-20-9-16(18(22)11-23-20)15-6-3-7-19-17(15)10-24-27-19/h3,6-7,9-11,13-14H,2,4-5,8H2,1H3,(H,24,27)(H,25,28)(H,23,26,29)/t13-,14+/m0/s1. The minimum absolute atomic E-state index is 0.00688. The minimum atomic E-state index is -0.472. The Bertz CT molecular complexity index is 1060. The number of aromatic nitrogens is 3. The van der Waals surface area contributed by atoms with Crippen molar-refractivity contribution in [1.82, 2.24) is 20.5 Å². The topological polar surface area (TPSA) is 99.8 Å². The molecule has 0 radical (unpaired) electrons. The first-order valence-corrected chi connectivity index (χ1v) is 9.67. The summed E-state index contributed by atoms with van der Waals surface area (Å²) in [6, 6.07) is 7.04. The lowest BCUT2D eigenvalue weighted by Gasteiger charge is -2.28. The number of hydrogen-bond donors (Lipinski definition) is 3. The molecule has 2 atom stereocenters. The fourth-order valence-corrected chi connectivity index (χ4v) is 3.99. The van der Waals surface area contributed by atoms with Gasteiger partial charge in [-0.15, -0.1) is 0 Å². The summed E-state index contributed by atoms with van der Waals surface area (Å²) in [5.41, 5.74) is 1.83. The number of benzene rings is 1. The van der Waals surface area contributed by atoms with Crippen molar-refractivity contribution in [3.05, 3.63) is 42.5 Å². The van der Waals surface area contributed by atoms with Crippen LogP contribution in [0, 0.1) is 11.7 Å². The van der Waals surface area contributed by atoms with Gasteiger partial charge in [-0.1, -0.05) is 18.6 Å². The maximum absolute atomic E-state index is 14.5. The highest BCUT2D eigenvalue weighted by atomic mass is 19.1. The predicted octanol–water partition coefficient (Wildman–Crippen LogP) is 3.40. The molecule has 2 aromatic heterocycles. The molecule has 1 aliphatic rings. The van der Waals surface area contributed by atoms with Crippen LogP contribution in [0.25, 0.3) is 22.0 Å². The number of carbonyl (C=O) groups excluding carboxylic acids is 2. The zero-order chi connectivity index (χ0) is 20.4. The molecule has 0 spiro atoms. The second-order valence-corrected chi connectivity index (χ2v) is 7.44. The number of amides is 2. The van der Waals surface area contributed by atoms with Crippen molar-refractivity contribution >= 4 is 28.5 Å². The number of rotatable bonds is 4. The maximum atomic E-state index is 14.5. The molecule has 2 heterocycles. The van der Waals surface area contributed by atoms with Gasteiger partial charge in [0.2, 0.25) is 11.8 Å². The van der Waals surface area contributed by atoms with E-state index in [2.05, 4.69) is 25.8 Å². The molecule has 0 unspecified atom stereocenters. The molecule has 4 rings (SSSR count). The summed E-state index contributed by atoms with van der Waals surface area (Å²) < 4.78 is 14.5. The Labute approximate surface area is 167 Å². The lowest BCUT2D eigenvalue weighted by Crippen LogP contribution is -2.40. The van der Waals surface area contributed by atoms with E-state index in [0.29, 0.717) is 23.4 Å². The summed E-state index contributed by atoms with van der Waals surface area (Å²) >= 11 is 0. The number of anilines is 1. The summed E-state index contributed by atoms with van der Waals surface area (Å²) in [6.07, 6.45) is 5.85. The first-order chi connectivity index (χ1) is 14.0. The van der Waals surface area contributed by atoms with Crippen molar-refractivity contribution in [3.63, 3.8) is 0 Å². The molecular formula is C21H22FN5O2. The van der Waals surface area contributed by atoms with Gasteiger partial charge in [0.25, 0.3) is 0 Å². The monoisotopic (exact) mass is 395 g/mol. The maximum Gasteiger partial charge on any atom is 0.228 e. The number of aromatic amines is 1. The van der Waals surface area contributed by atoms with Gasteiger partial charge < -0.3 is 10.6 Å². The van der Waals surface area contributed by atoms with Gasteiger partial charge in [0, 0.05) is 29.8 Å². The van der Waals surface area contributed by atoms with Crippen LogP contribution in [0.3, 0.4) is 0 Å². The lowest BCUT2D eigenvalue weighted by molar-refractivity contribution is -0.123. The van der Waals surface area contributed by atoms with Crippen molar-refractivity contribution in [2.45, 2.75) is 38.6 Å². The summed E-state index contributed by atoms with van der Waals surface area (Å²) in [7, 11) is 0. The predicted molar refractivity (Wildman–Crippen MR) is 107 cm³/mol. The van der Waals surface area contributed by atoms with Gasteiger partial charge in [-0.3, -0.25) is 14.7 Å². The normalized spacial score (nSPS) is 19.1. The molecule has 1 fully saturated rings. The summed E-state index contributed by atoms with van der Waals surface area (Å²) in [6.45, 7) is 1.48. The molecule has 150 valence electrons. The molecule has 29 heavy (non-hydrogen) atoms. The van der Waals surface area contributed by atoms with Gasteiger partial charge in [-0.05, 0) is 37.0 Å². The van der Waals surface area contributed by atoms with Crippen molar-refractivity contribution in [2.75, 3.05) is 5.32 Å². The van der Waals surface area contributed by atoms with Gasteiger partial charge in [-0.25, -0.2) is 9.37 Å². The number of nitrogens with zero attached hydrogens (tertiary/aromatic N) is 2. The van der Waals surface area contributed by atoms with E-state index in [9.17, 15) is 14.0 Å². The summed E-state index contributed by atoms with van der Waals surface area (Å²) in [4.78, 5) is 28.1. The average molecular weight is 395 g/mol. The zero-order valence-electron chi connectivity index (χ0n) is 16.0. The third-order valence-electron chi connectivity index (χ3n) is 5.33. The fourth-order valence-electron chi connectivity index (χ4n) is 3.99. The van der Waals surface area contributed by atoms with Crippen LogP contribution in [-0.4, -0.2) is 33.0 Å². The fraction of sp³-hybridized carbons (Fsp3) is 0.333. The Morgan fingerprint density at radius 2 is 2.07 bits per heavy atom. The third-order valence-corrected chi connectivity index (χ3v) is 5.33. The van der Waals surface area contributed by atoms with Crippen LogP contribution in [0.5, 0.6) is 0 Å². The largest absolute Gasteiger partial charge is 0.354 e. The SMILES string of the molecule is CC(=O)N[C@@H]1CCC[C@H](C(=O)Nc2cc(-c3cccc4[nH]ncc34)c(F)cn2)C1. The number of fused-ring (bicyclic) bond motifs is 1. The van der Waals surface area contributed by atoms with Crippen LogP contribution in [0.15, 0.2) is 36.7 Å². The molecule has 3 aromatic rings. The van der Waals surface area contributed by atoms with Gasteiger partial charge in [0.15, 0.2) is 0 Å². The molecule has 3 N–H and O–H groups in total. The number of halogens is 1. The van der Waals surface area contributed by atoms with E-state index in [0.717, 1.165) is 36.4 Å². The van der Waals surface area contributed by atoms with Gasteiger partial charge in [0.1, 0.15) is 11.6 Å². The minimum Gasteiger partial charge on any atom is -0.354 e. The molecule has 0 bridgehead atoms. The van der Waals surface area contributed by atoms with E-state index in [1.165, 1.54) is 6.92 Å². The Kier molecular flexibility index (Phi) is 5.24. The molecule has 1 aliphatic carbocycles. The molecule has 0 aliphatic heterocycles. The lowest BCUT2D eigenvalue weighted by atomic mass is 9.85. The third kappa shape index (κ3) is 4.11. The number of H-pyrrole nitrogens is 1. The van der Waals surface area contributed by atoms with Gasteiger partial charge >= 0.3 is 0 Å². The van der Waals surface area contributed by atoms with Gasteiger partial charge in [-0.2, -0.15) is 5.10 Å². The Morgan fingerprint density at radius 1 is 1.21 bits per heavy atom. The number of pyridine rings is 1. The first-order valence-electron chi connectivity index (χ1n) is 9.67. The Balaban J connectivity index is 1.54. The number of carbonyl (C=O) groups is 2. The van der Waals surface area contributed by atoms with Crippen LogP contribution in [0.2, 0.25) is 0 Å². The molecule has 8 heteroatoms. The van der Waals surface area contributed by atoms with E-state index >= 15 is 0 Å². The van der Waals surface area contributed by atoms with E-state index in [1.54, 1.807) is 18.3 Å². The van der Waals surface area contributed by atoms with Gasteiger partial charge in [0.05, 0.1) is 17.9 Å². The highest BCUT2D eigenvalue weighted by molar-refractivity contribution is 5.96. The number of hydrogen-bond acceptors (Lipinski definition) is 4. The quantitative estimate of drug-likeness (QED) is 0.630. The Hall–Kier alpha value is -3.29. The highest BCUT2D eigenvalue weighted by Crippen LogP contribution is 2.31. The molecule has 0 saturated heterocycles. The molecule has 1 saturated carbocycles. The summed E-state index contributed by atoms with van der Waals surface area (Å²) in [5, 5.41) is 13.4. The van der Waals surface area contributed by atoms with Crippen molar-refractivity contribution < 1.29 is 14.0 Å². The van der Waals surface area contributed by atoms with Crippen LogP contribution in [-0.2, 0) is 9.59 Å². The van der Waals surface area contributed by atoms with E-state index < -0.39 is 5.82 Å². The second-order valence-electron chi connectivity index (χ2n) is 7.44. The van der Waals surface area contributed by atoms with Crippen LogP contribution in [0.4, 0.5) is 10.2 Å². The molecule has 2 amide bonds. The van der Waals surface area contributed by atoms with Crippen LogP contribution in [0.1, 0.15) is 32.6 Å². The molecular weight excluding hydrogens is 373 g/mol. The smallest absolute Gasteiger partial charge is 0.228 e. The van der Waals surface area contributed by atoms with E-state index in [4.69, 9.17) is 0 Å². The highest BCUT2D eigenvalue weighted by Gasteiger charge is 2.28. The van der Waals surface area contributed by atoms with Crippen molar-refractivity contribution in [3.8, 4) is 11.1 Å². The van der Waals surface area contributed by atoms with Crippen LogP contribution < -0.4 is 10.6 Å². The van der Waals surface area contributed by atoms with Crippen molar-refractivity contribution in [2.24, 2.45) is 5.92 Å².